The van der Waals surface area contributed by atoms with Crippen LogP contribution in [-0.2, 0) is 15.7 Å². The molecule has 3 aromatic rings. The SMILES string of the molecule is CC1(C)OC[C@H](COc2ncc(NC(=O)N3c4nc(-c5cccc(C(F)(F)F)c5)ncc4N4CCCC3C4)cn2)O1. The molecule has 41 heavy (non-hydrogen) atoms. The van der Waals surface area contributed by atoms with Crippen molar-refractivity contribution >= 4 is 23.2 Å². The fourth-order valence-corrected chi connectivity index (χ4v) is 5.21. The Kier molecular flexibility index (Phi) is 6.90. The second-order valence-corrected chi connectivity index (χ2v) is 10.5. The summed E-state index contributed by atoms with van der Waals surface area (Å²) in [4.78, 5) is 34.5. The molecule has 14 heteroatoms. The van der Waals surface area contributed by atoms with Crippen molar-refractivity contribution in [1.29, 1.82) is 0 Å². The second kappa shape index (κ2) is 10.4. The van der Waals surface area contributed by atoms with Gasteiger partial charge in [-0.25, -0.2) is 24.7 Å². The van der Waals surface area contributed by atoms with Gasteiger partial charge in [-0.15, -0.1) is 0 Å². The van der Waals surface area contributed by atoms with E-state index in [1.807, 2.05) is 13.8 Å². The third-order valence-corrected chi connectivity index (χ3v) is 7.09. The van der Waals surface area contributed by atoms with Crippen molar-refractivity contribution < 1.29 is 32.2 Å². The van der Waals surface area contributed by atoms with Crippen molar-refractivity contribution in [3.8, 4) is 17.4 Å². The van der Waals surface area contributed by atoms with Crippen LogP contribution in [-0.4, -0.2) is 70.2 Å². The molecular formula is C27H28F3N7O4. The van der Waals surface area contributed by atoms with Crippen LogP contribution in [0.15, 0.2) is 42.9 Å². The number of hydrogen-bond acceptors (Lipinski definition) is 9. The van der Waals surface area contributed by atoms with Crippen LogP contribution < -0.4 is 19.9 Å². The highest BCUT2D eigenvalue weighted by Crippen LogP contribution is 2.39. The minimum Gasteiger partial charge on any atom is -0.461 e. The number of alkyl halides is 3. The van der Waals surface area contributed by atoms with Gasteiger partial charge in [0.25, 0.3) is 0 Å². The molecule has 11 nitrogen and oxygen atoms in total. The predicted octanol–water partition coefficient (Wildman–Crippen LogP) is 4.50. The molecule has 5 heterocycles. The van der Waals surface area contributed by atoms with E-state index < -0.39 is 23.6 Å². The van der Waals surface area contributed by atoms with Crippen LogP contribution in [0.25, 0.3) is 11.4 Å². The Morgan fingerprint density at radius 2 is 2.00 bits per heavy atom. The summed E-state index contributed by atoms with van der Waals surface area (Å²) in [6.07, 6.45) is 1.30. The van der Waals surface area contributed by atoms with Gasteiger partial charge in [-0.2, -0.15) is 13.2 Å². The maximum atomic E-state index is 13.6. The lowest BCUT2D eigenvalue weighted by atomic mass is 10.0. The van der Waals surface area contributed by atoms with Gasteiger partial charge in [0.2, 0.25) is 0 Å². The van der Waals surface area contributed by atoms with Crippen molar-refractivity contribution in [3.63, 3.8) is 0 Å². The number of ether oxygens (including phenoxy) is 3. The number of anilines is 3. The first kappa shape index (κ1) is 27.1. The fraction of sp³-hybridized carbons (Fsp3) is 0.444. The average Bonchev–Trinajstić information content (AvgIpc) is 3.30. The molecule has 1 N–H and O–H groups in total. The second-order valence-electron chi connectivity index (χ2n) is 10.5. The van der Waals surface area contributed by atoms with E-state index in [1.165, 1.54) is 24.5 Å². The molecular weight excluding hydrogens is 543 g/mol. The molecule has 2 saturated heterocycles. The van der Waals surface area contributed by atoms with Crippen LogP contribution in [0.3, 0.4) is 0 Å². The highest BCUT2D eigenvalue weighted by molar-refractivity contribution is 6.04. The zero-order valence-corrected chi connectivity index (χ0v) is 22.4. The quantitative estimate of drug-likeness (QED) is 0.473. The van der Waals surface area contributed by atoms with Gasteiger partial charge in [-0.05, 0) is 38.8 Å². The zero-order chi connectivity index (χ0) is 28.8. The Morgan fingerprint density at radius 1 is 1.20 bits per heavy atom. The van der Waals surface area contributed by atoms with Crippen LogP contribution in [0.1, 0.15) is 32.3 Å². The van der Waals surface area contributed by atoms with Crippen molar-refractivity contribution in [2.45, 2.75) is 50.8 Å². The van der Waals surface area contributed by atoms with Crippen molar-refractivity contribution in [3.05, 3.63) is 48.4 Å². The summed E-state index contributed by atoms with van der Waals surface area (Å²) in [7, 11) is 0. The number of halogens is 3. The third-order valence-electron chi connectivity index (χ3n) is 7.09. The number of amides is 2. The van der Waals surface area contributed by atoms with E-state index in [2.05, 4.69) is 30.2 Å². The lowest BCUT2D eigenvalue weighted by Crippen LogP contribution is -2.56. The van der Waals surface area contributed by atoms with Gasteiger partial charge >= 0.3 is 18.2 Å². The summed E-state index contributed by atoms with van der Waals surface area (Å²) >= 11 is 0. The number of fused-ring (bicyclic) bond motifs is 4. The van der Waals surface area contributed by atoms with Gasteiger partial charge in [-0.3, -0.25) is 4.90 Å². The molecule has 2 bridgehead atoms. The molecule has 1 unspecified atom stereocenters. The van der Waals surface area contributed by atoms with Crippen molar-refractivity contribution in [2.24, 2.45) is 0 Å². The largest absolute Gasteiger partial charge is 0.461 e. The highest BCUT2D eigenvalue weighted by Gasteiger charge is 2.39. The van der Waals surface area contributed by atoms with E-state index >= 15 is 0 Å². The number of piperidine rings is 1. The molecule has 0 aliphatic carbocycles. The summed E-state index contributed by atoms with van der Waals surface area (Å²) in [5.41, 5.74) is 0.395. The first-order chi connectivity index (χ1) is 19.6. The maximum Gasteiger partial charge on any atom is 0.416 e. The number of carbonyl (C=O) groups is 1. The van der Waals surface area contributed by atoms with Gasteiger partial charge < -0.3 is 24.4 Å². The zero-order valence-electron chi connectivity index (χ0n) is 22.4. The average molecular weight is 572 g/mol. The molecule has 0 saturated carbocycles. The molecule has 0 radical (unpaired) electrons. The first-order valence-electron chi connectivity index (χ1n) is 13.2. The monoisotopic (exact) mass is 571 g/mol. The molecule has 216 valence electrons. The highest BCUT2D eigenvalue weighted by atomic mass is 19.4. The molecule has 1 aromatic carbocycles. The molecule has 3 aliphatic rings. The van der Waals surface area contributed by atoms with Crippen LogP contribution in [0.2, 0.25) is 0 Å². The fourth-order valence-electron chi connectivity index (χ4n) is 5.21. The minimum absolute atomic E-state index is 0.0960. The van der Waals surface area contributed by atoms with E-state index in [0.29, 0.717) is 30.3 Å². The van der Waals surface area contributed by atoms with E-state index in [-0.39, 0.29) is 36.2 Å². The van der Waals surface area contributed by atoms with E-state index in [9.17, 15) is 18.0 Å². The van der Waals surface area contributed by atoms with E-state index in [1.54, 1.807) is 11.1 Å². The molecule has 3 aliphatic heterocycles. The number of carbonyl (C=O) groups excluding carboxylic acids is 1. The summed E-state index contributed by atoms with van der Waals surface area (Å²) in [6.45, 7) is 5.63. The molecule has 0 spiro atoms. The van der Waals surface area contributed by atoms with E-state index in [4.69, 9.17) is 14.2 Å². The Balaban J connectivity index is 1.21. The minimum atomic E-state index is -4.50. The van der Waals surface area contributed by atoms with Gasteiger partial charge in [-0.1, -0.05) is 12.1 Å². The van der Waals surface area contributed by atoms with Crippen molar-refractivity contribution in [2.75, 3.05) is 41.4 Å². The molecule has 2 atom stereocenters. The molecule has 2 fully saturated rings. The maximum absolute atomic E-state index is 13.6. The normalized spacial score (nSPS) is 21.4. The number of rotatable bonds is 5. The van der Waals surface area contributed by atoms with Crippen molar-refractivity contribution in [1.82, 2.24) is 19.9 Å². The number of hydrogen-bond donors (Lipinski definition) is 1. The standard InChI is InChI=1S/C27H28F3N7O4/c1-26(2)40-15-20(41-26)14-39-24-32-10-18(11-33-24)34-25(38)37-19-7-4-8-36(13-19)21-12-31-22(35-23(21)37)16-5-3-6-17(9-16)27(28,29)30/h3,5-6,9-12,19-20H,4,7-8,13-15H2,1-2H3,(H,34,38)/t19?,20-/m0/s1. The Morgan fingerprint density at radius 3 is 2.73 bits per heavy atom. The van der Waals surface area contributed by atoms with Crippen LogP contribution in [0.5, 0.6) is 6.01 Å². The number of benzene rings is 1. The lowest BCUT2D eigenvalue weighted by Gasteiger charge is -2.45. The van der Waals surface area contributed by atoms with Gasteiger partial charge in [0, 0.05) is 18.7 Å². The first-order valence-corrected chi connectivity index (χ1v) is 13.2. The third kappa shape index (κ3) is 5.75. The van der Waals surface area contributed by atoms with Crippen LogP contribution in [0.4, 0.5) is 35.2 Å². The smallest absolute Gasteiger partial charge is 0.416 e. The summed E-state index contributed by atoms with van der Waals surface area (Å²) in [5.74, 6) is -0.230. The van der Waals surface area contributed by atoms with Gasteiger partial charge in [0.1, 0.15) is 12.7 Å². The Labute approximate surface area is 233 Å². The molecule has 6 rings (SSSR count). The number of aromatic nitrogens is 4. The molecule has 2 aromatic heterocycles. The van der Waals surface area contributed by atoms with Gasteiger partial charge in [0.15, 0.2) is 17.4 Å². The van der Waals surface area contributed by atoms with Crippen LogP contribution >= 0.6 is 0 Å². The Bertz CT molecular complexity index is 1440. The predicted molar refractivity (Wildman–Crippen MR) is 142 cm³/mol. The Hall–Kier alpha value is -4.04. The number of urea groups is 1. The number of nitrogens with zero attached hydrogens (tertiary/aromatic N) is 6. The summed E-state index contributed by atoms with van der Waals surface area (Å²) in [5, 5.41) is 2.81. The summed E-state index contributed by atoms with van der Waals surface area (Å²) in [6, 6.07) is 4.31. The summed E-state index contributed by atoms with van der Waals surface area (Å²) < 4.78 is 56.8. The number of nitrogens with one attached hydrogen (secondary N) is 1. The molecule has 2 amide bonds. The van der Waals surface area contributed by atoms with Gasteiger partial charge in [0.05, 0.1) is 48.2 Å². The van der Waals surface area contributed by atoms with E-state index in [0.717, 1.165) is 31.5 Å². The lowest BCUT2D eigenvalue weighted by molar-refractivity contribution is -0.141. The van der Waals surface area contributed by atoms with Crippen LogP contribution in [0, 0.1) is 0 Å². The topological polar surface area (TPSA) is 115 Å².